The number of hydrogen-bond acceptors (Lipinski definition) is 4. The minimum atomic E-state index is 0.223. The van der Waals surface area contributed by atoms with Crippen molar-refractivity contribution in [2.75, 3.05) is 25.4 Å². The molecule has 2 N–H and O–H groups in total. The number of amidine groups is 1. The summed E-state index contributed by atoms with van der Waals surface area (Å²) in [6.07, 6.45) is 1.12. The zero-order valence-electron chi connectivity index (χ0n) is 9.15. The van der Waals surface area contributed by atoms with E-state index in [0.717, 1.165) is 36.7 Å². The van der Waals surface area contributed by atoms with E-state index < -0.39 is 0 Å². The molecule has 0 saturated carbocycles. The molecule has 2 rings (SSSR count). The molecule has 1 aromatic carbocycles. The van der Waals surface area contributed by atoms with Gasteiger partial charge in [-0.1, -0.05) is 12.1 Å². The van der Waals surface area contributed by atoms with Crippen LogP contribution in [0.4, 0.5) is 0 Å². The summed E-state index contributed by atoms with van der Waals surface area (Å²) in [6, 6.07) is 8.32. The number of nitrogens with one attached hydrogen (secondary N) is 1. The summed E-state index contributed by atoms with van der Waals surface area (Å²) in [4.78, 5) is 5.64. The monoisotopic (exact) mass is 236 g/mol. The van der Waals surface area contributed by atoms with Gasteiger partial charge in [-0.25, -0.2) is 0 Å². The van der Waals surface area contributed by atoms with Crippen LogP contribution in [0.15, 0.2) is 34.2 Å². The molecule has 1 aromatic rings. The molecule has 4 heteroatoms. The zero-order chi connectivity index (χ0) is 11.2. The van der Waals surface area contributed by atoms with Gasteiger partial charge in [-0.05, 0) is 18.6 Å². The van der Waals surface area contributed by atoms with Crippen LogP contribution in [-0.4, -0.2) is 36.4 Å². The van der Waals surface area contributed by atoms with E-state index in [1.54, 1.807) is 11.8 Å². The Morgan fingerprint density at radius 2 is 2.12 bits per heavy atom. The Kier molecular flexibility index (Phi) is 4.25. The second-order valence-electron chi connectivity index (χ2n) is 3.61. The highest BCUT2D eigenvalue weighted by atomic mass is 32.2. The predicted molar refractivity (Wildman–Crippen MR) is 68.3 cm³/mol. The van der Waals surface area contributed by atoms with Crippen molar-refractivity contribution < 1.29 is 5.11 Å². The fourth-order valence-electron chi connectivity index (χ4n) is 1.60. The van der Waals surface area contributed by atoms with Gasteiger partial charge in [0.05, 0.1) is 6.61 Å². The molecular formula is C12H16N2OS. The first-order chi connectivity index (χ1) is 7.90. The minimum absolute atomic E-state index is 0.223. The number of hydrogen-bond donors (Lipinski definition) is 2. The summed E-state index contributed by atoms with van der Waals surface area (Å²) in [7, 11) is 0. The molecular weight excluding hydrogens is 220 g/mol. The topological polar surface area (TPSA) is 44.6 Å². The van der Waals surface area contributed by atoms with Gasteiger partial charge in [0, 0.05) is 29.3 Å². The van der Waals surface area contributed by atoms with Crippen LogP contribution < -0.4 is 5.32 Å². The van der Waals surface area contributed by atoms with Gasteiger partial charge >= 0.3 is 0 Å². The maximum Gasteiger partial charge on any atom is 0.128 e. The second-order valence-corrected chi connectivity index (χ2v) is 4.78. The maximum atomic E-state index is 8.74. The van der Waals surface area contributed by atoms with Gasteiger partial charge < -0.3 is 10.4 Å². The fourth-order valence-corrected chi connectivity index (χ4v) is 2.25. The third-order valence-corrected chi connectivity index (χ3v) is 3.38. The second kappa shape index (κ2) is 5.92. The summed E-state index contributed by atoms with van der Waals surface area (Å²) in [5.41, 5.74) is 1.15. The van der Waals surface area contributed by atoms with Crippen LogP contribution in [0.5, 0.6) is 0 Å². The molecule has 3 nitrogen and oxygen atoms in total. The Morgan fingerprint density at radius 1 is 1.31 bits per heavy atom. The molecule has 0 aliphatic carbocycles. The van der Waals surface area contributed by atoms with Gasteiger partial charge in [-0.3, -0.25) is 4.99 Å². The molecule has 16 heavy (non-hydrogen) atoms. The van der Waals surface area contributed by atoms with Crippen molar-refractivity contribution in [3.63, 3.8) is 0 Å². The lowest BCUT2D eigenvalue weighted by atomic mass is 10.2. The maximum absolute atomic E-state index is 8.74. The largest absolute Gasteiger partial charge is 0.396 e. The number of rotatable bonds is 4. The lowest BCUT2D eigenvalue weighted by Crippen LogP contribution is -2.30. The van der Waals surface area contributed by atoms with Crippen LogP contribution >= 0.6 is 11.8 Å². The summed E-state index contributed by atoms with van der Waals surface area (Å²) in [6.45, 7) is 2.16. The van der Waals surface area contributed by atoms with Gasteiger partial charge in [-0.15, -0.1) is 11.8 Å². The Bertz CT molecular complexity index is 362. The Hall–Kier alpha value is -1.00. The van der Waals surface area contributed by atoms with Crippen LogP contribution in [0.25, 0.3) is 0 Å². The van der Waals surface area contributed by atoms with Crippen LogP contribution in [0, 0.1) is 0 Å². The van der Waals surface area contributed by atoms with E-state index in [1.165, 1.54) is 4.90 Å². The van der Waals surface area contributed by atoms with Crippen molar-refractivity contribution in [2.45, 2.75) is 11.3 Å². The van der Waals surface area contributed by atoms with Crippen molar-refractivity contribution in [3.05, 3.63) is 29.8 Å². The SMILES string of the molecule is OCCSc1ccc(C2=NCCCN2)cc1. The van der Waals surface area contributed by atoms with Gasteiger partial charge in [0.1, 0.15) is 5.84 Å². The van der Waals surface area contributed by atoms with Gasteiger partial charge in [0.15, 0.2) is 0 Å². The molecule has 0 spiro atoms. The Balaban J connectivity index is 2.03. The predicted octanol–water partition coefficient (Wildman–Crippen LogP) is 1.51. The number of thioether (sulfide) groups is 1. The lowest BCUT2D eigenvalue weighted by Gasteiger charge is -2.14. The molecule has 1 aliphatic rings. The average Bonchev–Trinajstić information content (AvgIpc) is 2.38. The third-order valence-electron chi connectivity index (χ3n) is 2.39. The highest BCUT2D eigenvalue weighted by Gasteiger charge is 2.06. The van der Waals surface area contributed by atoms with Crippen molar-refractivity contribution in [2.24, 2.45) is 4.99 Å². The van der Waals surface area contributed by atoms with Crippen LogP contribution in [-0.2, 0) is 0 Å². The molecule has 86 valence electrons. The van der Waals surface area contributed by atoms with E-state index in [2.05, 4.69) is 34.6 Å². The Morgan fingerprint density at radius 3 is 2.75 bits per heavy atom. The first kappa shape index (κ1) is 11.5. The van der Waals surface area contributed by atoms with Gasteiger partial charge in [0.2, 0.25) is 0 Å². The number of aliphatic hydroxyl groups excluding tert-OH is 1. The molecule has 1 heterocycles. The summed E-state index contributed by atoms with van der Waals surface area (Å²) in [5.74, 6) is 1.75. The molecule has 0 amide bonds. The standard InChI is InChI=1S/C12H16N2OS/c15-8-9-16-11-4-2-10(3-5-11)12-13-6-1-7-14-12/h2-5,15H,1,6-9H2,(H,13,14). The first-order valence-corrected chi connectivity index (χ1v) is 6.51. The van der Waals surface area contributed by atoms with Gasteiger partial charge in [0.25, 0.3) is 0 Å². The number of aliphatic imine (C=N–C) groups is 1. The molecule has 0 aromatic heterocycles. The highest BCUT2D eigenvalue weighted by molar-refractivity contribution is 7.99. The van der Waals surface area contributed by atoms with Crippen molar-refractivity contribution in [1.82, 2.24) is 5.32 Å². The molecule has 0 unspecified atom stereocenters. The number of nitrogens with zero attached hydrogens (tertiary/aromatic N) is 1. The molecule has 0 bridgehead atoms. The summed E-state index contributed by atoms with van der Waals surface area (Å²) in [5, 5.41) is 12.0. The quantitative estimate of drug-likeness (QED) is 0.779. The smallest absolute Gasteiger partial charge is 0.128 e. The van der Waals surface area contributed by atoms with Gasteiger partial charge in [-0.2, -0.15) is 0 Å². The summed E-state index contributed by atoms with van der Waals surface area (Å²) >= 11 is 1.67. The van der Waals surface area contributed by atoms with Crippen LogP contribution in [0.3, 0.4) is 0 Å². The summed E-state index contributed by atoms with van der Waals surface area (Å²) < 4.78 is 0. The lowest BCUT2D eigenvalue weighted by molar-refractivity contribution is 0.322. The number of aliphatic hydroxyl groups is 1. The third kappa shape index (κ3) is 3.00. The molecule has 0 fully saturated rings. The zero-order valence-corrected chi connectivity index (χ0v) is 9.96. The van der Waals surface area contributed by atoms with E-state index in [1.807, 2.05) is 0 Å². The van der Waals surface area contributed by atoms with E-state index in [-0.39, 0.29) is 6.61 Å². The van der Waals surface area contributed by atoms with E-state index in [0.29, 0.717) is 0 Å². The first-order valence-electron chi connectivity index (χ1n) is 5.52. The Labute approximate surface area is 100.0 Å². The molecule has 0 atom stereocenters. The van der Waals surface area contributed by atoms with E-state index >= 15 is 0 Å². The van der Waals surface area contributed by atoms with Crippen molar-refractivity contribution >= 4 is 17.6 Å². The van der Waals surface area contributed by atoms with Crippen LogP contribution in [0.2, 0.25) is 0 Å². The number of benzene rings is 1. The van der Waals surface area contributed by atoms with Crippen LogP contribution in [0.1, 0.15) is 12.0 Å². The minimum Gasteiger partial charge on any atom is -0.396 e. The highest BCUT2D eigenvalue weighted by Crippen LogP contribution is 2.18. The van der Waals surface area contributed by atoms with E-state index in [9.17, 15) is 0 Å². The molecule has 0 radical (unpaired) electrons. The van der Waals surface area contributed by atoms with Crippen molar-refractivity contribution in [3.8, 4) is 0 Å². The normalized spacial score (nSPS) is 15.4. The molecule has 1 aliphatic heterocycles. The van der Waals surface area contributed by atoms with E-state index in [4.69, 9.17) is 5.11 Å². The average molecular weight is 236 g/mol. The van der Waals surface area contributed by atoms with Crippen molar-refractivity contribution in [1.29, 1.82) is 0 Å². The fraction of sp³-hybridized carbons (Fsp3) is 0.417. The molecule has 0 saturated heterocycles.